The molecule has 2 aromatic rings. The number of aryl methyl sites for hydroxylation is 3. The quantitative estimate of drug-likeness (QED) is 0.921. The van der Waals surface area contributed by atoms with Gasteiger partial charge in [-0.15, -0.1) is 0 Å². The monoisotopic (exact) mass is 313 g/mol. The number of hydrogen-bond acceptors (Lipinski definition) is 4. The Morgan fingerprint density at radius 3 is 2.35 bits per heavy atom. The van der Waals surface area contributed by atoms with Gasteiger partial charge in [0.05, 0.1) is 11.9 Å². The third kappa shape index (κ3) is 4.45. The van der Waals surface area contributed by atoms with Gasteiger partial charge in [0.1, 0.15) is 11.6 Å². The number of benzene rings is 1. The lowest BCUT2D eigenvalue weighted by Gasteiger charge is -2.14. The van der Waals surface area contributed by atoms with Crippen LogP contribution in [0.25, 0.3) is 0 Å². The number of nitrogens with one attached hydrogen (secondary N) is 1. The highest BCUT2D eigenvalue weighted by molar-refractivity contribution is 5.91. The Hall–Kier alpha value is -2.56. The summed E-state index contributed by atoms with van der Waals surface area (Å²) in [5.41, 5.74) is 3.91. The molecule has 0 unspecified atom stereocenters. The minimum absolute atomic E-state index is 0.0276. The first-order valence-electron chi connectivity index (χ1n) is 7.50. The molecule has 0 saturated heterocycles. The summed E-state index contributed by atoms with van der Waals surface area (Å²) in [5.74, 6) is 1.40. The highest BCUT2D eigenvalue weighted by Gasteiger charge is 2.09. The number of amides is 1. The van der Waals surface area contributed by atoms with E-state index >= 15 is 0 Å². The van der Waals surface area contributed by atoms with Crippen molar-refractivity contribution in [3.05, 3.63) is 47.2 Å². The molecule has 2 rings (SSSR count). The summed E-state index contributed by atoms with van der Waals surface area (Å²) in [6, 6.07) is 7.77. The predicted molar refractivity (Wildman–Crippen MR) is 93.3 cm³/mol. The number of carbonyl (C=O) groups excluding carboxylic acids is 1. The number of hydrogen-bond donors (Lipinski definition) is 1. The molecule has 1 N–H and O–H groups in total. The van der Waals surface area contributed by atoms with Crippen LogP contribution in [0.5, 0.6) is 5.75 Å². The predicted octanol–water partition coefficient (Wildman–Crippen LogP) is 3.09. The average Bonchev–Trinajstić information content (AvgIpc) is 2.46. The SMILES string of the molecule is Cc1cc(C)c(OCC(=O)Nc2ccc(N(C)C)nc2)c(C)c1. The molecule has 5 heteroatoms. The second-order valence-corrected chi connectivity index (χ2v) is 5.86. The van der Waals surface area contributed by atoms with Crippen molar-refractivity contribution in [2.75, 3.05) is 30.9 Å². The minimum Gasteiger partial charge on any atom is -0.483 e. The highest BCUT2D eigenvalue weighted by atomic mass is 16.5. The zero-order valence-corrected chi connectivity index (χ0v) is 14.3. The Balaban J connectivity index is 1.95. The van der Waals surface area contributed by atoms with Crippen molar-refractivity contribution in [2.45, 2.75) is 20.8 Å². The van der Waals surface area contributed by atoms with E-state index < -0.39 is 0 Å². The van der Waals surface area contributed by atoms with Gasteiger partial charge in [0.15, 0.2) is 6.61 Å². The molecule has 1 aromatic heterocycles. The van der Waals surface area contributed by atoms with Gasteiger partial charge in [0.25, 0.3) is 5.91 Å². The smallest absolute Gasteiger partial charge is 0.262 e. The van der Waals surface area contributed by atoms with Gasteiger partial charge in [-0.05, 0) is 44.0 Å². The van der Waals surface area contributed by atoms with Crippen molar-refractivity contribution in [3.8, 4) is 5.75 Å². The van der Waals surface area contributed by atoms with Gasteiger partial charge in [0, 0.05) is 14.1 Å². The normalized spacial score (nSPS) is 10.3. The number of ether oxygens (including phenoxy) is 1. The van der Waals surface area contributed by atoms with Crippen LogP contribution < -0.4 is 15.0 Å². The molecule has 5 nitrogen and oxygen atoms in total. The molecular weight excluding hydrogens is 290 g/mol. The van der Waals surface area contributed by atoms with Gasteiger partial charge in [-0.2, -0.15) is 0 Å². The van der Waals surface area contributed by atoms with E-state index in [-0.39, 0.29) is 12.5 Å². The molecule has 0 spiro atoms. The van der Waals surface area contributed by atoms with E-state index in [0.717, 1.165) is 22.7 Å². The number of nitrogens with zero attached hydrogens (tertiary/aromatic N) is 2. The summed E-state index contributed by atoms with van der Waals surface area (Å²) in [5, 5.41) is 2.78. The van der Waals surface area contributed by atoms with Gasteiger partial charge in [-0.25, -0.2) is 4.98 Å². The van der Waals surface area contributed by atoms with Crippen molar-refractivity contribution in [1.29, 1.82) is 0 Å². The van der Waals surface area contributed by atoms with Gasteiger partial charge < -0.3 is 15.0 Å². The first-order chi connectivity index (χ1) is 10.9. The fourth-order valence-electron chi connectivity index (χ4n) is 2.45. The molecule has 1 aromatic carbocycles. The van der Waals surface area contributed by atoms with Gasteiger partial charge in [-0.1, -0.05) is 17.7 Å². The van der Waals surface area contributed by atoms with Gasteiger partial charge >= 0.3 is 0 Å². The molecule has 0 bridgehead atoms. The molecule has 23 heavy (non-hydrogen) atoms. The molecule has 0 atom stereocenters. The molecule has 122 valence electrons. The van der Waals surface area contributed by atoms with Crippen molar-refractivity contribution >= 4 is 17.4 Å². The highest BCUT2D eigenvalue weighted by Crippen LogP contribution is 2.24. The average molecular weight is 313 g/mol. The third-order valence-corrected chi connectivity index (χ3v) is 3.44. The molecular formula is C18H23N3O2. The Bertz CT molecular complexity index is 671. The molecule has 0 aliphatic heterocycles. The summed E-state index contributed by atoms with van der Waals surface area (Å²) >= 11 is 0. The largest absolute Gasteiger partial charge is 0.483 e. The van der Waals surface area contributed by atoms with Crippen molar-refractivity contribution in [3.63, 3.8) is 0 Å². The Morgan fingerprint density at radius 1 is 1.17 bits per heavy atom. The first kappa shape index (κ1) is 16.8. The Kier molecular flexibility index (Phi) is 5.21. The maximum absolute atomic E-state index is 12.0. The molecule has 0 aliphatic carbocycles. The summed E-state index contributed by atoms with van der Waals surface area (Å²) in [6.07, 6.45) is 1.63. The second-order valence-electron chi connectivity index (χ2n) is 5.86. The first-order valence-corrected chi connectivity index (χ1v) is 7.50. The molecule has 0 aliphatic rings. The third-order valence-electron chi connectivity index (χ3n) is 3.44. The van der Waals surface area contributed by atoms with Crippen LogP contribution in [0.15, 0.2) is 30.5 Å². The number of carbonyl (C=O) groups is 1. The summed E-state index contributed by atoms with van der Waals surface area (Å²) in [4.78, 5) is 18.2. The van der Waals surface area contributed by atoms with Crippen molar-refractivity contribution in [2.24, 2.45) is 0 Å². The van der Waals surface area contributed by atoms with Crippen LogP contribution in [0.3, 0.4) is 0 Å². The Morgan fingerprint density at radius 2 is 1.83 bits per heavy atom. The lowest BCUT2D eigenvalue weighted by Crippen LogP contribution is -2.21. The zero-order valence-electron chi connectivity index (χ0n) is 14.3. The standard InChI is InChI=1S/C18H23N3O2/c1-12-8-13(2)18(14(3)9-12)23-11-17(22)20-15-6-7-16(19-10-15)21(4)5/h6-10H,11H2,1-5H3,(H,20,22). The van der Waals surface area contributed by atoms with Crippen LogP contribution in [0, 0.1) is 20.8 Å². The molecule has 0 saturated carbocycles. The second kappa shape index (κ2) is 7.13. The number of pyridine rings is 1. The van der Waals surface area contributed by atoms with Crippen LogP contribution in [0.4, 0.5) is 11.5 Å². The van der Waals surface area contributed by atoms with Crippen LogP contribution >= 0.6 is 0 Å². The molecule has 1 amide bonds. The Labute approximate surface area is 137 Å². The lowest BCUT2D eigenvalue weighted by atomic mass is 10.1. The van der Waals surface area contributed by atoms with Crippen LogP contribution in [-0.2, 0) is 4.79 Å². The minimum atomic E-state index is -0.205. The zero-order chi connectivity index (χ0) is 17.0. The van der Waals surface area contributed by atoms with Gasteiger partial charge in [-0.3, -0.25) is 4.79 Å². The van der Waals surface area contributed by atoms with E-state index in [0.29, 0.717) is 5.69 Å². The lowest BCUT2D eigenvalue weighted by molar-refractivity contribution is -0.118. The van der Waals surface area contributed by atoms with E-state index in [1.165, 1.54) is 5.56 Å². The van der Waals surface area contributed by atoms with E-state index in [1.54, 1.807) is 6.20 Å². The molecule has 1 heterocycles. The molecule has 0 fully saturated rings. The van der Waals surface area contributed by atoms with E-state index in [4.69, 9.17) is 4.74 Å². The number of aromatic nitrogens is 1. The maximum Gasteiger partial charge on any atom is 0.262 e. The summed E-state index contributed by atoms with van der Waals surface area (Å²) < 4.78 is 5.68. The molecule has 0 radical (unpaired) electrons. The van der Waals surface area contributed by atoms with Gasteiger partial charge in [0.2, 0.25) is 0 Å². The summed E-state index contributed by atoms with van der Waals surface area (Å²) in [6.45, 7) is 5.98. The van der Waals surface area contributed by atoms with Crippen molar-refractivity contribution < 1.29 is 9.53 Å². The van der Waals surface area contributed by atoms with Crippen molar-refractivity contribution in [1.82, 2.24) is 4.98 Å². The van der Waals surface area contributed by atoms with E-state index in [1.807, 2.05) is 64.0 Å². The fourth-order valence-corrected chi connectivity index (χ4v) is 2.45. The van der Waals surface area contributed by atoms with E-state index in [2.05, 4.69) is 10.3 Å². The van der Waals surface area contributed by atoms with Crippen LogP contribution in [0.1, 0.15) is 16.7 Å². The maximum atomic E-state index is 12.0. The van der Waals surface area contributed by atoms with Crippen LogP contribution in [-0.4, -0.2) is 31.6 Å². The fraction of sp³-hybridized carbons (Fsp3) is 0.333. The van der Waals surface area contributed by atoms with Crippen LogP contribution in [0.2, 0.25) is 0 Å². The van der Waals surface area contributed by atoms with E-state index in [9.17, 15) is 4.79 Å². The summed E-state index contributed by atoms with van der Waals surface area (Å²) in [7, 11) is 3.83. The topological polar surface area (TPSA) is 54.5 Å². The number of rotatable bonds is 5. The number of anilines is 2.